The average molecular weight is 203 g/mol. The zero-order valence-electron chi connectivity index (χ0n) is 9.60. The summed E-state index contributed by atoms with van der Waals surface area (Å²) in [6.45, 7) is 4.60. The Morgan fingerprint density at radius 1 is 1.23 bits per heavy atom. The number of hydrogen-bond donors (Lipinski definition) is 1. The molecule has 0 saturated carbocycles. The predicted molar refractivity (Wildman–Crippen MR) is 64.5 cm³/mol. The van der Waals surface area contributed by atoms with E-state index in [1.165, 1.54) is 31.4 Å². The molecule has 2 heteroatoms. The summed E-state index contributed by atoms with van der Waals surface area (Å²) in [7, 11) is 2.09. The van der Waals surface area contributed by atoms with E-state index in [-0.39, 0.29) is 0 Å². The Morgan fingerprint density at radius 3 is 2.23 bits per heavy atom. The van der Waals surface area contributed by atoms with Crippen molar-refractivity contribution in [1.82, 2.24) is 5.32 Å². The van der Waals surface area contributed by atoms with Crippen LogP contribution in [0.25, 0.3) is 0 Å². The highest BCUT2D eigenvalue weighted by Crippen LogP contribution is 2.17. The summed E-state index contributed by atoms with van der Waals surface area (Å²) in [5, 5.41) is 3.42. The van der Waals surface area contributed by atoms with E-state index < -0.39 is 0 Å². The first-order valence-electron chi connectivity index (χ1n) is 5.44. The molecule has 1 unspecified atom stereocenters. The van der Waals surface area contributed by atoms with Crippen LogP contribution in [0.4, 0.5) is 0 Å². The molecular weight excluding hydrogens is 178 g/mol. The van der Waals surface area contributed by atoms with Gasteiger partial charge in [-0.3, -0.25) is 0 Å². The van der Waals surface area contributed by atoms with Crippen molar-refractivity contribution < 1.29 is 0 Å². The van der Waals surface area contributed by atoms with E-state index in [1.54, 1.807) is 0 Å². The van der Waals surface area contributed by atoms with E-state index in [0.717, 1.165) is 12.0 Å². The Hall–Kier alpha value is 0.310. The number of rotatable bonds is 8. The molecular formula is C11H25NS. The molecule has 0 spiro atoms. The van der Waals surface area contributed by atoms with Gasteiger partial charge in [-0.2, -0.15) is 11.8 Å². The number of thioether (sulfide) groups is 1. The molecule has 0 aromatic carbocycles. The standard InChI is InChI=1S/C11H25NS/c1-5-10(6-2)9-11(12-3)7-8-13-4/h10-12H,5-9H2,1-4H3. The third-order valence-corrected chi connectivity index (χ3v) is 3.50. The Kier molecular flexibility index (Phi) is 9.10. The Balaban J connectivity index is 3.67. The van der Waals surface area contributed by atoms with Crippen LogP contribution in [-0.2, 0) is 0 Å². The van der Waals surface area contributed by atoms with Gasteiger partial charge in [-0.15, -0.1) is 0 Å². The van der Waals surface area contributed by atoms with Crippen LogP contribution in [0.15, 0.2) is 0 Å². The molecule has 0 aromatic heterocycles. The van der Waals surface area contributed by atoms with E-state index in [4.69, 9.17) is 0 Å². The fourth-order valence-corrected chi connectivity index (χ4v) is 2.18. The summed E-state index contributed by atoms with van der Waals surface area (Å²) in [6.07, 6.45) is 7.50. The van der Waals surface area contributed by atoms with Crippen molar-refractivity contribution in [2.24, 2.45) is 5.92 Å². The normalized spacial score (nSPS) is 13.6. The predicted octanol–water partition coefficient (Wildman–Crippen LogP) is 3.15. The lowest BCUT2D eigenvalue weighted by Gasteiger charge is -2.21. The molecule has 0 aromatic rings. The van der Waals surface area contributed by atoms with Gasteiger partial charge in [0.15, 0.2) is 0 Å². The lowest BCUT2D eigenvalue weighted by Crippen LogP contribution is -2.28. The molecule has 0 bridgehead atoms. The van der Waals surface area contributed by atoms with Gasteiger partial charge in [0.05, 0.1) is 0 Å². The van der Waals surface area contributed by atoms with E-state index in [9.17, 15) is 0 Å². The Morgan fingerprint density at radius 2 is 1.85 bits per heavy atom. The van der Waals surface area contributed by atoms with Crippen LogP contribution in [0.3, 0.4) is 0 Å². The van der Waals surface area contributed by atoms with Crippen LogP contribution in [0.2, 0.25) is 0 Å². The maximum atomic E-state index is 3.42. The average Bonchev–Trinajstić information content (AvgIpc) is 2.19. The molecule has 0 fully saturated rings. The van der Waals surface area contributed by atoms with Gasteiger partial charge in [0.25, 0.3) is 0 Å². The van der Waals surface area contributed by atoms with Crippen molar-refractivity contribution in [2.75, 3.05) is 19.1 Å². The summed E-state index contributed by atoms with van der Waals surface area (Å²) >= 11 is 1.95. The minimum Gasteiger partial charge on any atom is -0.317 e. The van der Waals surface area contributed by atoms with Crippen LogP contribution >= 0.6 is 11.8 Å². The monoisotopic (exact) mass is 203 g/mol. The first-order valence-corrected chi connectivity index (χ1v) is 6.83. The van der Waals surface area contributed by atoms with Gasteiger partial charge in [0.2, 0.25) is 0 Å². The molecule has 1 nitrogen and oxygen atoms in total. The van der Waals surface area contributed by atoms with Gasteiger partial charge < -0.3 is 5.32 Å². The molecule has 0 aliphatic carbocycles. The van der Waals surface area contributed by atoms with Crippen LogP contribution in [0.1, 0.15) is 39.5 Å². The lowest BCUT2D eigenvalue weighted by molar-refractivity contribution is 0.374. The zero-order valence-corrected chi connectivity index (χ0v) is 10.4. The minimum absolute atomic E-state index is 0.734. The van der Waals surface area contributed by atoms with E-state index >= 15 is 0 Å². The maximum absolute atomic E-state index is 3.42. The molecule has 0 aliphatic heterocycles. The second-order valence-electron chi connectivity index (χ2n) is 3.69. The minimum atomic E-state index is 0.734. The molecule has 1 N–H and O–H groups in total. The highest BCUT2D eigenvalue weighted by atomic mass is 32.2. The van der Waals surface area contributed by atoms with Crippen LogP contribution in [0.5, 0.6) is 0 Å². The van der Waals surface area contributed by atoms with Gasteiger partial charge in [-0.25, -0.2) is 0 Å². The SMILES string of the molecule is CCC(CC)CC(CCSC)NC. The molecule has 0 aliphatic rings. The number of nitrogens with one attached hydrogen (secondary N) is 1. The summed E-state index contributed by atoms with van der Waals surface area (Å²) in [4.78, 5) is 0. The molecule has 80 valence electrons. The molecule has 0 rings (SSSR count). The van der Waals surface area contributed by atoms with E-state index in [1.807, 2.05) is 11.8 Å². The first-order chi connectivity index (χ1) is 6.28. The van der Waals surface area contributed by atoms with Gasteiger partial charge in [0, 0.05) is 6.04 Å². The summed E-state index contributed by atoms with van der Waals surface area (Å²) in [5.74, 6) is 2.20. The lowest BCUT2D eigenvalue weighted by atomic mass is 9.94. The van der Waals surface area contributed by atoms with Crippen molar-refractivity contribution in [3.63, 3.8) is 0 Å². The van der Waals surface area contributed by atoms with Gasteiger partial charge in [-0.1, -0.05) is 26.7 Å². The Bertz CT molecular complexity index is 102. The third kappa shape index (κ3) is 6.39. The fraction of sp³-hybridized carbons (Fsp3) is 1.00. The van der Waals surface area contributed by atoms with Gasteiger partial charge in [-0.05, 0) is 37.8 Å². The molecule has 1 atom stereocenters. The van der Waals surface area contributed by atoms with Gasteiger partial charge >= 0.3 is 0 Å². The second-order valence-corrected chi connectivity index (χ2v) is 4.67. The zero-order chi connectivity index (χ0) is 10.1. The van der Waals surface area contributed by atoms with Crippen molar-refractivity contribution in [3.8, 4) is 0 Å². The molecule has 13 heavy (non-hydrogen) atoms. The molecule has 0 radical (unpaired) electrons. The summed E-state index contributed by atoms with van der Waals surface area (Å²) < 4.78 is 0. The maximum Gasteiger partial charge on any atom is 0.00745 e. The van der Waals surface area contributed by atoms with Crippen LogP contribution < -0.4 is 5.32 Å². The van der Waals surface area contributed by atoms with Crippen LogP contribution in [-0.4, -0.2) is 25.1 Å². The molecule has 0 heterocycles. The highest BCUT2D eigenvalue weighted by molar-refractivity contribution is 7.98. The van der Waals surface area contributed by atoms with Crippen molar-refractivity contribution in [2.45, 2.75) is 45.6 Å². The largest absolute Gasteiger partial charge is 0.317 e. The smallest absolute Gasteiger partial charge is 0.00745 e. The topological polar surface area (TPSA) is 12.0 Å². The van der Waals surface area contributed by atoms with E-state index in [2.05, 4.69) is 32.5 Å². The first kappa shape index (κ1) is 13.3. The third-order valence-electron chi connectivity index (χ3n) is 2.85. The van der Waals surface area contributed by atoms with Crippen molar-refractivity contribution in [3.05, 3.63) is 0 Å². The highest BCUT2D eigenvalue weighted by Gasteiger charge is 2.11. The van der Waals surface area contributed by atoms with Crippen molar-refractivity contribution in [1.29, 1.82) is 0 Å². The fourth-order valence-electron chi connectivity index (χ4n) is 1.66. The number of hydrogen-bond acceptors (Lipinski definition) is 2. The molecule has 0 amide bonds. The van der Waals surface area contributed by atoms with Crippen LogP contribution in [0, 0.1) is 5.92 Å². The second kappa shape index (κ2) is 8.89. The van der Waals surface area contributed by atoms with Crippen molar-refractivity contribution >= 4 is 11.8 Å². The van der Waals surface area contributed by atoms with Gasteiger partial charge in [0.1, 0.15) is 0 Å². The van der Waals surface area contributed by atoms with E-state index in [0.29, 0.717) is 0 Å². The summed E-state index contributed by atoms with van der Waals surface area (Å²) in [6, 6.07) is 0.734. The molecule has 0 saturated heterocycles. The quantitative estimate of drug-likeness (QED) is 0.650. The Labute approximate surface area is 88.1 Å². The summed E-state index contributed by atoms with van der Waals surface area (Å²) in [5.41, 5.74) is 0.